The minimum absolute atomic E-state index is 0.0138. The Morgan fingerprint density at radius 3 is 2.48 bits per heavy atom. The van der Waals surface area contributed by atoms with Crippen LogP contribution < -0.4 is 22.4 Å². The zero-order valence-electron chi connectivity index (χ0n) is 29.2. The molecule has 0 saturated heterocycles. The zero-order chi connectivity index (χ0) is 36.4. The van der Waals surface area contributed by atoms with E-state index < -0.39 is 52.6 Å². The Labute approximate surface area is 291 Å². The average Bonchev–Trinajstić information content (AvgIpc) is 3.27. The number of aliphatic imine (C=N–C) groups is 1. The Kier molecular flexibility index (Phi) is 11.0. The van der Waals surface area contributed by atoms with Crippen molar-refractivity contribution in [3.05, 3.63) is 34.4 Å². The van der Waals surface area contributed by atoms with Gasteiger partial charge in [-0.05, 0) is 92.6 Å². The first-order chi connectivity index (χ1) is 23.6. The summed E-state index contributed by atoms with van der Waals surface area (Å²) in [4.78, 5) is 64.6. The minimum Gasteiger partial charge on any atom is -0.480 e. The van der Waals surface area contributed by atoms with Crippen LogP contribution in [0.25, 0.3) is 0 Å². The number of carboxylic acids is 1. The summed E-state index contributed by atoms with van der Waals surface area (Å²) in [5, 5.41) is 24.7. The summed E-state index contributed by atoms with van der Waals surface area (Å²) < 4.78 is 16.9. The van der Waals surface area contributed by atoms with Crippen molar-refractivity contribution in [2.75, 3.05) is 6.54 Å². The summed E-state index contributed by atoms with van der Waals surface area (Å²) in [6, 6.07) is 1.97. The highest BCUT2D eigenvalue weighted by molar-refractivity contribution is 5.85. The van der Waals surface area contributed by atoms with Crippen LogP contribution in [0.5, 0.6) is 0 Å². The lowest BCUT2D eigenvalue weighted by atomic mass is 9.43. The average molecular weight is 701 g/mol. The lowest BCUT2D eigenvalue weighted by Gasteiger charge is -2.63. The molecule has 5 rings (SSSR count). The van der Waals surface area contributed by atoms with Crippen molar-refractivity contribution < 1.29 is 43.3 Å². The van der Waals surface area contributed by atoms with Gasteiger partial charge in [0.25, 0.3) is 0 Å². The molecule has 276 valence electrons. The lowest BCUT2D eigenvalue weighted by Crippen LogP contribution is -2.62. The monoisotopic (exact) mass is 700 g/mol. The van der Waals surface area contributed by atoms with Crippen LogP contribution in [0.2, 0.25) is 0 Å². The van der Waals surface area contributed by atoms with Crippen molar-refractivity contribution in [3.8, 4) is 0 Å². The molecule has 0 spiro atoms. The van der Waals surface area contributed by atoms with Gasteiger partial charge in [0.15, 0.2) is 5.96 Å². The number of fused-ring (bicyclic) bond motifs is 5. The normalized spacial score (nSPS) is 35.0. The molecule has 1 aromatic rings. The van der Waals surface area contributed by atoms with Crippen molar-refractivity contribution in [1.82, 2.24) is 5.32 Å². The van der Waals surface area contributed by atoms with Gasteiger partial charge in [0.1, 0.15) is 18.2 Å². The first-order valence-corrected chi connectivity index (χ1v) is 17.8. The molecular formula is C36H52N4O10. The maximum Gasteiger partial charge on any atom is 0.335 e. The highest BCUT2D eigenvalue weighted by Gasteiger charge is 2.70. The van der Waals surface area contributed by atoms with Gasteiger partial charge in [-0.3, -0.25) is 19.4 Å². The van der Waals surface area contributed by atoms with Crippen LogP contribution in [-0.4, -0.2) is 70.4 Å². The molecule has 0 radical (unpaired) electrons. The van der Waals surface area contributed by atoms with E-state index >= 15 is 0 Å². The summed E-state index contributed by atoms with van der Waals surface area (Å²) in [7, 11) is 0. The maximum absolute atomic E-state index is 12.8. The molecule has 4 aliphatic rings. The SMILES string of the molecule is CC(=O)O[C@@H]1C[C@@]2(O)[C@H]3CC[C@H]4C[C@H](OC(=O)CCC(=O)N[C@H](CCCN=C(N)N)C(=O)O)CC[C@@]4(C)[C@H]3CC[C@]2(C)[C@H]1c1ccc(=O)oc1. The fourth-order valence-electron chi connectivity index (χ4n) is 10.2. The summed E-state index contributed by atoms with van der Waals surface area (Å²) in [5.41, 5.74) is 9.07. The quantitative estimate of drug-likeness (QED) is 0.0917. The molecule has 4 fully saturated rings. The molecule has 0 aliphatic heterocycles. The number of nitrogens with two attached hydrogens (primary N) is 2. The van der Waals surface area contributed by atoms with Crippen molar-refractivity contribution in [1.29, 1.82) is 0 Å². The number of guanidine groups is 1. The molecule has 50 heavy (non-hydrogen) atoms. The van der Waals surface area contributed by atoms with E-state index in [-0.39, 0.29) is 67.0 Å². The Morgan fingerprint density at radius 2 is 1.82 bits per heavy atom. The number of hydrogen-bond donors (Lipinski definition) is 5. The number of hydrogen-bond acceptors (Lipinski definition) is 10. The number of amides is 1. The van der Waals surface area contributed by atoms with E-state index in [0.717, 1.165) is 31.2 Å². The molecule has 1 amide bonds. The Balaban J connectivity index is 1.18. The number of esters is 2. The van der Waals surface area contributed by atoms with E-state index in [9.17, 15) is 34.2 Å². The van der Waals surface area contributed by atoms with E-state index in [1.54, 1.807) is 6.07 Å². The van der Waals surface area contributed by atoms with E-state index in [1.165, 1.54) is 19.3 Å². The first-order valence-electron chi connectivity index (χ1n) is 17.8. The molecule has 1 aromatic heterocycles. The molecule has 14 nitrogen and oxygen atoms in total. The van der Waals surface area contributed by atoms with E-state index in [2.05, 4.69) is 24.2 Å². The van der Waals surface area contributed by atoms with Gasteiger partial charge >= 0.3 is 23.5 Å². The number of carbonyl (C=O) groups excluding carboxylic acids is 3. The second kappa shape index (κ2) is 14.7. The third-order valence-corrected chi connectivity index (χ3v) is 12.6. The largest absolute Gasteiger partial charge is 0.480 e. The van der Waals surface area contributed by atoms with Gasteiger partial charge in [-0.25, -0.2) is 9.59 Å². The fraction of sp³-hybridized carbons (Fsp3) is 0.722. The Hall–Kier alpha value is -3.94. The van der Waals surface area contributed by atoms with Crippen LogP contribution in [0.1, 0.15) is 109 Å². The minimum atomic E-state index is -1.18. The third-order valence-electron chi connectivity index (χ3n) is 12.6. The van der Waals surface area contributed by atoms with Crippen LogP contribution in [0.15, 0.2) is 32.6 Å². The summed E-state index contributed by atoms with van der Waals surface area (Å²) in [6.07, 6.45) is 6.53. The maximum atomic E-state index is 12.8. The first kappa shape index (κ1) is 37.3. The van der Waals surface area contributed by atoms with Crippen molar-refractivity contribution in [2.45, 2.75) is 128 Å². The van der Waals surface area contributed by atoms with Gasteiger partial charge in [-0.2, -0.15) is 0 Å². The molecule has 7 N–H and O–H groups in total. The molecule has 14 heteroatoms. The number of aliphatic hydroxyl groups is 1. The third kappa shape index (κ3) is 7.40. The predicted molar refractivity (Wildman–Crippen MR) is 180 cm³/mol. The van der Waals surface area contributed by atoms with Gasteiger partial charge in [-0.15, -0.1) is 0 Å². The van der Waals surface area contributed by atoms with Crippen molar-refractivity contribution >= 4 is 29.8 Å². The van der Waals surface area contributed by atoms with Gasteiger partial charge in [-0.1, -0.05) is 13.8 Å². The highest BCUT2D eigenvalue weighted by atomic mass is 16.5. The fourth-order valence-corrected chi connectivity index (χ4v) is 10.2. The van der Waals surface area contributed by atoms with E-state index in [1.807, 2.05) is 0 Å². The second-order valence-corrected chi connectivity index (χ2v) is 15.4. The number of aliphatic carboxylic acids is 1. The number of rotatable bonds is 12. The standard InChI is InChI=1S/C36H52N4O10/c1-20(41)49-27-18-36(47)25-8-7-22-17-23(50-30(44)11-9-28(42)40-26(32(45)46)5-4-16-39-33(37)38)12-14-34(22,2)24(25)13-15-35(36,3)31(27)21-6-10-29(43)48-19-21/h6,10,19,22-27,31,47H,4-5,7-9,11-18H2,1-3H3,(H,40,42)(H,45,46)(H4,37,38,39)/t22-,23+,24-,25-,26+,27+,31-,34+,35+,36+/m0/s1. The van der Waals surface area contributed by atoms with Crippen LogP contribution in [0, 0.1) is 28.6 Å². The van der Waals surface area contributed by atoms with Crippen molar-refractivity contribution in [3.63, 3.8) is 0 Å². The number of nitrogens with zero attached hydrogens (tertiary/aromatic N) is 1. The number of ether oxygens (including phenoxy) is 2. The van der Waals surface area contributed by atoms with Gasteiger partial charge in [0.05, 0.1) is 18.3 Å². The van der Waals surface area contributed by atoms with Crippen LogP contribution in [0.3, 0.4) is 0 Å². The van der Waals surface area contributed by atoms with E-state index in [4.69, 9.17) is 25.4 Å². The summed E-state index contributed by atoms with van der Waals surface area (Å²) >= 11 is 0. The van der Waals surface area contributed by atoms with Gasteiger partial charge in [0, 0.05) is 43.7 Å². The summed E-state index contributed by atoms with van der Waals surface area (Å²) in [6.45, 7) is 6.01. The topological polar surface area (TPSA) is 234 Å². The molecule has 1 heterocycles. The van der Waals surface area contributed by atoms with Crippen molar-refractivity contribution in [2.24, 2.45) is 45.0 Å². The molecule has 10 atom stereocenters. The second-order valence-electron chi connectivity index (χ2n) is 15.4. The van der Waals surface area contributed by atoms with Gasteiger partial charge < -0.3 is 40.9 Å². The van der Waals surface area contributed by atoms with Crippen LogP contribution in [-0.2, 0) is 28.7 Å². The Bertz CT molecular complexity index is 1520. The Morgan fingerprint density at radius 1 is 1.06 bits per heavy atom. The molecule has 0 bridgehead atoms. The van der Waals surface area contributed by atoms with Crippen LogP contribution in [0.4, 0.5) is 0 Å². The molecule has 0 aromatic carbocycles. The number of carboxylic acid groups (broad SMARTS) is 1. The molecule has 0 unspecified atom stereocenters. The van der Waals surface area contributed by atoms with E-state index in [0.29, 0.717) is 32.1 Å². The predicted octanol–water partition coefficient (Wildman–Crippen LogP) is 2.74. The lowest BCUT2D eigenvalue weighted by molar-refractivity contribution is -0.207. The highest BCUT2D eigenvalue weighted by Crippen LogP contribution is 2.71. The summed E-state index contributed by atoms with van der Waals surface area (Å²) in [5.74, 6) is -2.54. The van der Waals surface area contributed by atoms with Gasteiger partial charge in [0.2, 0.25) is 5.91 Å². The molecule has 4 saturated carbocycles. The zero-order valence-corrected chi connectivity index (χ0v) is 29.2. The number of nitrogens with one attached hydrogen (secondary N) is 1. The smallest absolute Gasteiger partial charge is 0.335 e. The number of carbonyl (C=O) groups is 4. The molecular weight excluding hydrogens is 648 g/mol. The van der Waals surface area contributed by atoms with Crippen LogP contribution >= 0.6 is 0 Å². The molecule has 4 aliphatic carbocycles.